The van der Waals surface area contributed by atoms with Crippen LogP contribution in [0.15, 0.2) is 41.5 Å². The third kappa shape index (κ3) is 4.41. The van der Waals surface area contributed by atoms with Gasteiger partial charge in [-0.3, -0.25) is 19.5 Å². The molecule has 2 N–H and O–H groups in total. The fraction of sp³-hybridized carbons (Fsp3) is 0.440. The Bertz CT molecular complexity index is 1260. The molecular formula is C25H28N6O3. The van der Waals surface area contributed by atoms with E-state index in [1.807, 2.05) is 18.3 Å². The van der Waals surface area contributed by atoms with Crippen molar-refractivity contribution < 1.29 is 9.53 Å². The van der Waals surface area contributed by atoms with E-state index in [9.17, 15) is 9.59 Å². The number of piperazine rings is 1. The van der Waals surface area contributed by atoms with Crippen molar-refractivity contribution in [3.05, 3.63) is 63.8 Å². The van der Waals surface area contributed by atoms with Gasteiger partial charge in [0.25, 0.3) is 11.5 Å². The number of fused-ring (bicyclic) bond motifs is 1. The van der Waals surface area contributed by atoms with Crippen molar-refractivity contribution in [2.24, 2.45) is 0 Å². The van der Waals surface area contributed by atoms with Gasteiger partial charge in [0.15, 0.2) is 0 Å². The van der Waals surface area contributed by atoms with Crippen molar-refractivity contribution in [2.45, 2.75) is 31.3 Å². The molecule has 0 radical (unpaired) electrons. The predicted molar refractivity (Wildman–Crippen MR) is 128 cm³/mol. The number of carbonyl (C=O) groups excluding carboxylic acids is 1. The number of hydrogen-bond donors (Lipinski definition) is 2. The predicted octanol–water partition coefficient (Wildman–Crippen LogP) is 1.65. The van der Waals surface area contributed by atoms with E-state index in [0.717, 1.165) is 73.4 Å². The monoisotopic (exact) mass is 460 g/mol. The minimum Gasteiger partial charge on any atom is -0.377 e. The lowest BCUT2D eigenvalue weighted by atomic mass is 10.1. The minimum absolute atomic E-state index is 0.0247. The standard InChI is InChI=1S/C25H28N6O3/c32-24-20(17-1-2-17)10-22-23(29-24)9-16(11-26-22)13-30-5-7-31(8-6-30)19-3-4-21(27-12-19)25(33)28-18-14-34-15-18/h3-4,9-12,17-18H,1-2,5-8,13-15H2,(H,28,33)(H,29,32). The first kappa shape index (κ1) is 21.2. The molecule has 3 aromatic heterocycles. The summed E-state index contributed by atoms with van der Waals surface area (Å²) in [6, 6.07) is 7.86. The molecule has 5 heterocycles. The zero-order valence-corrected chi connectivity index (χ0v) is 19.0. The summed E-state index contributed by atoms with van der Waals surface area (Å²) in [7, 11) is 0. The molecule has 0 spiro atoms. The van der Waals surface area contributed by atoms with E-state index in [-0.39, 0.29) is 17.5 Å². The number of rotatable bonds is 6. The molecule has 3 fully saturated rings. The molecule has 34 heavy (non-hydrogen) atoms. The van der Waals surface area contributed by atoms with Crippen LogP contribution in [0.1, 0.15) is 40.4 Å². The van der Waals surface area contributed by atoms with Crippen LogP contribution in [0.25, 0.3) is 11.0 Å². The van der Waals surface area contributed by atoms with Crippen molar-refractivity contribution in [1.29, 1.82) is 0 Å². The molecule has 1 saturated carbocycles. The van der Waals surface area contributed by atoms with E-state index in [0.29, 0.717) is 24.8 Å². The Kier molecular flexibility index (Phi) is 5.50. The summed E-state index contributed by atoms with van der Waals surface area (Å²) in [4.78, 5) is 41.3. The molecular weight excluding hydrogens is 432 g/mol. The van der Waals surface area contributed by atoms with Crippen molar-refractivity contribution >= 4 is 22.6 Å². The molecule has 3 aliphatic rings. The van der Waals surface area contributed by atoms with Gasteiger partial charge in [-0.2, -0.15) is 0 Å². The largest absolute Gasteiger partial charge is 0.377 e. The van der Waals surface area contributed by atoms with Gasteiger partial charge in [0.05, 0.1) is 42.2 Å². The molecule has 1 aliphatic carbocycles. The fourth-order valence-electron chi connectivity index (χ4n) is 4.63. The lowest BCUT2D eigenvalue weighted by Crippen LogP contribution is -2.48. The summed E-state index contributed by atoms with van der Waals surface area (Å²) in [5.41, 5.74) is 5.13. The Morgan fingerprint density at radius 2 is 1.91 bits per heavy atom. The van der Waals surface area contributed by atoms with Crippen LogP contribution in [0.3, 0.4) is 0 Å². The molecule has 3 aromatic rings. The van der Waals surface area contributed by atoms with Gasteiger partial charge in [0.1, 0.15) is 5.69 Å². The molecule has 9 nitrogen and oxygen atoms in total. The molecule has 2 saturated heterocycles. The van der Waals surface area contributed by atoms with E-state index >= 15 is 0 Å². The highest BCUT2D eigenvalue weighted by molar-refractivity contribution is 5.92. The number of nitrogens with one attached hydrogen (secondary N) is 2. The number of nitrogens with zero attached hydrogens (tertiary/aromatic N) is 4. The molecule has 0 aromatic carbocycles. The highest BCUT2D eigenvalue weighted by Gasteiger charge is 2.27. The fourth-order valence-corrected chi connectivity index (χ4v) is 4.63. The number of aromatic nitrogens is 3. The maximum atomic E-state index is 12.4. The number of aromatic amines is 1. The van der Waals surface area contributed by atoms with Crippen LogP contribution < -0.4 is 15.8 Å². The third-order valence-corrected chi connectivity index (χ3v) is 6.89. The van der Waals surface area contributed by atoms with Crippen molar-refractivity contribution in [2.75, 3.05) is 44.3 Å². The van der Waals surface area contributed by atoms with Crippen LogP contribution in [0.4, 0.5) is 5.69 Å². The molecule has 9 heteroatoms. The summed E-state index contributed by atoms with van der Waals surface area (Å²) in [6.07, 6.45) is 5.91. The van der Waals surface area contributed by atoms with Crippen molar-refractivity contribution in [1.82, 2.24) is 25.2 Å². The third-order valence-electron chi connectivity index (χ3n) is 6.89. The molecule has 0 unspecified atom stereocenters. The van der Waals surface area contributed by atoms with Crippen LogP contribution in [-0.4, -0.2) is 71.2 Å². The first-order valence-electron chi connectivity index (χ1n) is 12.0. The van der Waals surface area contributed by atoms with Gasteiger partial charge in [-0.25, -0.2) is 4.98 Å². The topological polar surface area (TPSA) is 103 Å². The molecule has 1 amide bonds. The normalized spacial score (nSPS) is 19.2. The van der Waals surface area contributed by atoms with Crippen LogP contribution in [-0.2, 0) is 11.3 Å². The number of anilines is 1. The summed E-state index contributed by atoms with van der Waals surface area (Å²) in [5.74, 6) is 0.260. The lowest BCUT2D eigenvalue weighted by Gasteiger charge is -2.36. The summed E-state index contributed by atoms with van der Waals surface area (Å²) in [6.45, 7) is 5.54. The average Bonchev–Trinajstić information content (AvgIpc) is 3.67. The Labute approximate surface area is 197 Å². The van der Waals surface area contributed by atoms with Gasteiger partial charge in [-0.15, -0.1) is 0 Å². The van der Waals surface area contributed by atoms with Gasteiger partial charge in [0, 0.05) is 44.5 Å². The minimum atomic E-state index is -0.154. The molecule has 176 valence electrons. The number of carbonyl (C=O) groups is 1. The Hall–Kier alpha value is -3.30. The Balaban J connectivity index is 1.05. The number of amides is 1. The molecule has 0 bridgehead atoms. The van der Waals surface area contributed by atoms with E-state index < -0.39 is 0 Å². The average molecular weight is 461 g/mol. The molecule has 6 rings (SSSR count). The number of H-pyrrole nitrogens is 1. The maximum Gasteiger partial charge on any atom is 0.270 e. The van der Waals surface area contributed by atoms with Gasteiger partial charge in [-0.05, 0) is 48.6 Å². The Morgan fingerprint density at radius 1 is 1.09 bits per heavy atom. The zero-order chi connectivity index (χ0) is 23.1. The van der Waals surface area contributed by atoms with E-state index in [4.69, 9.17) is 4.74 Å². The molecule has 2 aliphatic heterocycles. The van der Waals surface area contributed by atoms with Crippen molar-refractivity contribution in [3.8, 4) is 0 Å². The van der Waals surface area contributed by atoms with Crippen LogP contribution in [0, 0.1) is 0 Å². The van der Waals surface area contributed by atoms with E-state index in [1.165, 1.54) is 0 Å². The SMILES string of the molecule is O=C(NC1COC1)c1ccc(N2CCN(Cc3cnc4cc(C5CC5)c(=O)[nH]c4c3)CC2)cn1. The van der Waals surface area contributed by atoms with Crippen LogP contribution in [0.5, 0.6) is 0 Å². The summed E-state index contributed by atoms with van der Waals surface area (Å²) < 4.78 is 5.09. The second kappa shape index (κ2) is 8.81. The zero-order valence-electron chi connectivity index (χ0n) is 19.0. The highest BCUT2D eigenvalue weighted by atomic mass is 16.5. The first-order chi connectivity index (χ1) is 16.6. The molecule has 0 atom stereocenters. The lowest BCUT2D eigenvalue weighted by molar-refractivity contribution is -0.00354. The second-order valence-electron chi connectivity index (χ2n) is 9.48. The van der Waals surface area contributed by atoms with E-state index in [2.05, 4.69) is 36.1 Å². The highest BCUT2D eigenvalue weighted by Crippen LogP contribution is 2.38. The quantitative estimate of drug-likeness (QED) is 0.577. The van der Waals surface area contributed by atoms with Gasteiger partial charge < -0.3 is 19.9 Å². The van der Waals surface area contributed by atoms with Crippen molar-refractivity contribution in [3.63, 3.8) is 0 Å². The maximum absolute atomic E-state index is 12.4. The number of hydrogen-bond acceptors (Lipinski definition) is 7. The number of pyridine rings is 3. The van der Waals surface area contributed by atoms with Gasteiger partial charge in [0.2, 0.25) is 0 Å². The smallest absolute Gasteiger partial charge is 0.270 e. The van der Waals surface area contributed by atoms with Gasteiger partial charge >= 0.3 is 0 Å². The van der Waals surface area contributed by atoms with E-state index in [1.54, 1.807) is 12.3 Å². The van der Waals surface area contributed by atoms with Crippen LogP contribution in [0.2, 0.25) is 0 Å². The van der Waals surface area contributed by atoms with Gasteiger partial charge in [-0.1, -0.05) is 0 Å². The summed E-state index contributed by atoms with van der Waals surface area (Å²) >= 11 is 0. The Morgan fingerprint density at radius 3 is 2.59 bits per heavy atom. The first-order valence-corrected chi connectivity index (χ1v) is 12.0. The van der Waals surface area contributed by atoms with Crippen LogP contribution >= 0.6 is 0 Å². The second-order valence-corrected chi connectivity index (χ2v) is 9.48. The summed E-state index contributed by atoms with van der Waals surface area (Å²) in [5, 5.41) is 2.91. The number of ether oxygens (including phenoxy) is 1.